The van der Waals surface area contributed by atoms with Gasteiger partial charge in [0.05, 0.1) is 6.42 Å². The first-order valence-electron chi connectivity index (χ1n) is 8.95. The minimum Gasteiger partial charge on any atom is -0.381 e. The largest absolute Gasteiger partial charge is 0.405 e. The maximum Gasteiger partial charge on any atom is 0.405 e. The lowest BCUT2D eigenvalue weighted by Crippen LogP contribution is -2.39. The molecule has 28 heavy (non-hydrogen) atoms. The first-order valence-corrected chi connectivity index (χ1v) is 9.32. The highest BCUT2D eigenvalue weighted by Gasteiger charge is 2.35. The molecule has 1 amide bonds. The normalized spacial score (nSPS) is 16.7. The van der Waals surface area contributed by atoms with E-state index in [0.29, 0.717) is 30.6 Å². The predicted octanol–water partition coefficient (Wildman–Crippen LogP) is 3.51. The van der Waals surface area contributed by atoms with Crippen LogP contribution < -0.4 is 5.32 Å². The molecule has 2 heterocycles. The topological polar surface area (TPSA) is 56.2 Å². The van der Waals surface area contributed by atoms with E-state index in [0.717, 1.165) is 18.4 Å². The molecule has 0 unspecified atom stereocenters. The molecular formula is C19H21ClF3N3O2. The van der Waals surface area contributed by atoms with E-state index in [9.17, 15) is 18.0 Å². The lowest BCUT2D eigenvalue weighted by molar-refractivity contribution is -0.138. The fourth-order valence-electron chi connectivity index (χ4n) is 3.49. The zero-order valence-electron chi connectivity index (χ0n) is 15.1. The highest BCUT2D eigenvalue weighted by molar-refractivity contribution is 6.30. The maximum absolute atomic E-state index is 12.3. The minimum absolute atomic E-state index is 0.212. The summed E-state index contributed by atoms with van der Waals surface area (Å²) in [6, 6.07) is 7.65. The Morgan fingerprint density at radius 3 is 2.57 bits per heavy atom. The van der Waals surface area contributed by atoms with E-state index < -0.39 is 18.6 Å². The van der Waals surface area contributed by atoms with Gasteiger partial charge in [-0.25, -0.2) is 4.98 Å². The number of imidazole rings is 1. The van der Waals surface area contributed by atoms with E-state index >= 15 is 0 Å². The van der Waals surface area contributed by atoms with Gasteiger partial charge in [0.25, 0.3) is 0 Å². The van der Waals surface area contributed by atoms with Crippen LogP contribution in [-0.2, 0) is 27.9 Å². The molecule has 152 valence electrons. The van der Waals surface area contributed by atoms with Crippen molar-refractivity contribution in [3.05, 3.63) is 53.1 Å². The van der Waals surface area contributed by atoms with Crippen LogP contribution in [0.3, 0.4) is 0 Å². The molecule has 3 rings (SSSR count). The molecule has 0 aliphatic carbocycles. The van der Waals surface area contributed by atoms with Gasteiger partial charge in [-0.1, -0.05) is 23.7 Å². The van der Waals surface area contributed by atoms with E-state index in [4.69, 9.17) is 16.3 Å². The quantitative estimate of drug-likeness (QED) is 0.785. The number of amides is 1. The van der Waals surface area contributed by atoms with Crippen molar-refractivity contribution >= 4 is 17.5 Å². The Morgan fingerprint density at radius 1 is 1.25 bits per heavy atom. The van der Waals surface area contributed by atoms with Crippen LogP contribution in [0.4, 0.5) is 13.2 Å². The molecule has 1 aliphatic rings. The monoisotopic (exact) mass is 415 g/mol. The standard InChI is InChI=1S/C19H21ClF3N3O2/c20-15-3-1-14(2-4-15)18(5-9-28-10-6-18)13-26-8-7-24-16(26)11-17(27)25-12-19(21,22)23/h1-4,7-8H,5-6,9-13H2,(H,25,27). The average Bonchev–Trinajstić information content (AvgIpc) is 3.07. The van der Waals surface area contributed by atoms with E-state index in [1.807, 2.05) is 34.1 Å². The molecule has 0 spiro atoms. The molecule has 1 N–H and O–H groups in total. The van der Waals surface area contributed by atoms with Gasteiger partial charge in [0.2, 0.25) is 5.91 Å². The van der Waals surface area contributed by atoms with Crippen LogP contribution in [-0.4, -0.2) is 41.4 Å². The molecule has 0 atom stereocenters. The zero-order chi connectivity index (χ0) is 20.2. The number of carbonyl (C=O) groups is 1. The lowest BCUT2D eigenvalue weighted by Gasteiger charge is -2.38. The molecule has 1 aromatic heterocycles. The van der Waals surface area contributed by atoms with Crippen LogP contribution >= 0.6 is 11.6 Å². The number of hydrogen-bond donors (Lipinski definition) is 1. The van der Waals surface area contributed by atoms with Gasteiger partial charge in [-0.2, -0.15) is 13.2 Å². The van der Waals surface area contributed by atoms with E-state index in [1.54, 1.807) is 12.4 Å². The zero-order valence-corrected chi connectivity index (χ0v) is 15.9. The van der Waals surface area contributed by atoms with E-state index in [2.05, 4.69) is 4.98 Å². The van der Waals surface area contributed by atoms with Gasteiger partial charge in [-0.3, -0.25) is 4.79 Å². The molecule has 9 heteroatoms. The number of rotatable bonds is 6. The van der Waals surface area contributed by atoms with Crippen molar-refractivity contribution in [3.63, 3.8) is 0 Å². The first kappa shape index (κ1) is 20.7. The summed E-state index contributed by atoms with van der Waals surface area (Å²) in [7, 11) is 0. The van der Waals surface area contributed by atoms with Crippen molar-refractivity contribution in [3.8, 4) is 0 Å². The number of nitrogens with one attached hydrogen (secondary N) is 1. The second kappa shape index (κ2) is 8.53. The van der Waals surface area contributed by atoms with Crippen LogP contribution in [0.15, 0.2) is 36.7 Å². The number of aromatic nitrogens is 2. The Labute approximate surface area is 165 Å². The highest BCUT2D eigenvalue weighted by atomic mass is 35.5. The summed E-state index contributed by atoms with van der Waals surface area (Å²) in [5.41, 5.74) is 0.891. The minimum atomic E-state index is -4.44. The Bertz CT molecular complexity index is 800. The SMILES string of the molecule is O=C(Cc1nccn1CC1(c2ccc(Cl)cc2)CCOCC1)NCC(F)(F)F. The van der Waals surface area contributed by atoms with Crippen LogP contribution in [0, 0.1) is 0 Å². The molecule has 5 nitrogen and oxygen atoms in total. The van der Waals surface area contributed by atoms with Crippen molar-refractivity contribution < 1.29 is 22.7 Å². The number of ether oxygens (including phenoxy) is 1. The van der Waals surface area contributed by atoms with Gasteiger partial charge in [0.1, 0.15) is 12.4 Å². The van der Waals surface area contributed by atoms with E-state index in [1.165, 1.54) is 0 Å². The number of benzene rings is 1. The Morgan fingerprint density at radius 2 is 1.93 bits per heavy atom. The van der Waals surface area contributed by atoms with Gasteiger partial charge in [-0.15, -0.1) is 0 Å². The molecule has 1 fully saturated rings. The van der Waals surface area contributed by atoms with Crippen LogP contribution in [0.1, 0.15) is 24.2 Å². The fourth-order valence-corrected chi connectivity index (χ4v) is 3.61. The van der Waals surface area contributed by atoms with Gasteiger partial charge in [0, 0.05) is 42.6 Å². The molecular weight excluding hydrogens is 395 g/mol. The van der Waals surface area contributed by atoms with Gasteiger partial charge in [-0.05, 0) is 30.5 Å². The second-order valence-electron chi connectivity index (χ2n) is 6.94. The summed E-state index contributed by atoms with van der Waals surface area (Å²) in [6.07, 6.45) is 0.224. The summed E-state index contributed by atoms with van der Waals surface area (Å²) >= 11 is 6.02. The third-order valence-corrected chi connectivity index (χ3v) is 5.24. The number of alkyl halides is 3. The number of hydrogen-bond acceptors (Lipinski definition) is 3. The third kappa shape index (κ3) is 5.26. The number of halogens is 4. The first-order chi connectivity index (χ1) is 13.3. The summed E-state index contributed by atoms with van der Waals surface area (Å²) in [4.78, 5) is 16.1. The molecule has 1 aromatic carbocycles. The Kier molecular flexibility index (Phi) is 6.30. The highest BCUT2D eigenvalue weighted by Crippen LogP contribution is 2.37. The summed E-state index contributed by atoms with van der Waals surface area (Å²) in [6.45, 7) is 0.427. The predicted molar refractivity (Wildman–Crippen MR) is 98.2 cm³/mol. The summed E-state index contributed by atoms with van der Waals surface area (Å²) < 4.78 is 44.2. The number of nitrogens with zero attached hydrogens (tertiary/aromatic N) is 2. The molecule has 2 aromatic rings. The molecule has 1 saturated heterocycles. The van der Waals surface area contributed by atoms with Gasteiger partial charge in [0.15, 0.2) is 0 Å². The second-order valence-corrected chi connectivity index (χ2v) is 7.38. The molecule has 0 radical (unpaired) electrons. The summed E-state index contributed by atoms with van der Waals surface area (Å²) in [5, 5.41) is 2.54. The van der Waals surface area contributed by atoms with Crippen LogP contribution in [0.2, 0.25) is 5.02 Å². The van der Waals surface area contributed by atoms with Crippen LogP contribution in [0.5, 0.6) is 0 Å². The van der Waals surface area contributed by atoms with Crippen molar-refractivity contribution in [1.29, 1.82) is 0 Å². The molecule has 0 saturated carbocycles. The molecule has 0 bridgehead atoms. The Hall–Kier alpha value is -2.06. The number of carbonyl (C=O) groups excluding carboxylic acids is 1. The summed E-state index contributed by atoms with van der Waals surface area (Å²) in [5.74, 6) is -0.281. The maximum atomic E-state index is 12.3. The van der Waals surface area contributed by atoms with E-state index in [-0.39, 0.29) is 11.8 Å². The lowest BCUT2D eigenvalue weighted by atomic mass is 9.74. The van der Waals surface area contributed by atoms with Crippen molar-refractivity contribution in [2.24, 2.45) is 0 Å². The average molecular weight is 416 g/mol. The van der Waals surface area contributed by atoms with Crippen molar-refractivity contribution in [1.82, 2.24) is 14.9 Å². The van der Waals surface area contributed by atoms with Crippen molar-refractivity contribution in [2.45, 2.75) is 37.4 Å². The Balaban J connectivity index is 1.76. The van der Waals surface area contributed by atoms with Gasteiger partial charge < -0.3 is 14.6 Å². The van der Waals surface area contributed by atoms with Gasteiger partial charge >= 0.3 is 6.18 Å². The van der Waals surface area contributed by atoms with Crippen LogP contribution in [0.25, 0.3) is 0 Å². The van der Waals surface area contributed by atoms with Crippen molar-refractivity contribution in [2.75, 3.05) is 19.8 Å². The third-order valence-electron chi connectivity index (χ3n) is 4.99. The smallest absolute Gasteiger partial charge is 0.381 e. The molecule has 1 aliphatic heterocycles. The fraction of sp³-hybridized carbons (Fsp3) is 0.474.